The zero-order valence-corrected chi connectivity index (χ0v) is 45.1. The molecule has 0 heterocycles. The zero-order valence-electron chi connectivity index (χ0n) is 45.1. The molecule has 3 atom stereocenters. The fraction of sp³-hybridized carbons (Fsp3) is 0.967. The van der Waals surface area contributed by atoms with Crippen LogP contribution in [0.15, 0.2) is 0 Å². The Labute approximate surface area is 413 Å². The Hall–Kier alpha value is -1.14. The maximum atomic E-state index is 13.3. The summed E-state index contributed by atoms with van der Waals surface area (Å²) in [7, 11) is 0. The number of ether oxygens (including phenoxy) is 1. The van der Waals surface area contributed by atoms with E-state index in [1.165, 1.54) is 263 Å². The van der Waals surface area contributed by atoms with E-state index in [0.29, 0.717) is 19.3 Å². The molecule has 0 aliphatic carbocycles. The van der Waals surface area contributed by atoms with E-state index in [4.69, 9.17) is 4.74 Å². The summed E-state index contributed by atoms with van der Waals surface area (Å²) in [4.78, 5) is 26.3. The van der Waals surface area contributed by atoms with Crippen LogP contribution in [-0.2, 0) is 14.3 Å². The highest BCUT2D eigenvalue weighted by molar-refractivity contribution is 5.77. The third kappa shape index (κ3) is 49.3. The fourth-order valence-electron chi connectivity index (χ4n) is 9.85. The average Bonchev–Trinajstić information content (AvgIpc) is 3.31. The van der Waals surface area contributed by atoms with E-state index in [-0.39, 0.29) is 24.9 Å². The predicted molar refractivity (Wildman–Crippen MR) is 287 cm³/mol. The summed E-state index contributed by atoms with van der Waals surface area (Å²) in [6.07, 6.45) is 61.8. The molecule has 0 aliphatic rings. The van der Waals surface area contributed by atoms with E-state index in [1.54, 1.807) is 0 Å². The summed E-state index contributed by atoms with van der Waals surface area (Å²) in [5.41, 5.74) is 0. The molecule has 0 spiro atoms. The number of esters is 1. The number of unbranched alkanes of at least 4 members (excludes halogenated alkanes) is 44. The molecule has 0 aromatic rings. The van der Waals surface area contributed by atoms with Crippen molar-refractivity contribution in [2.45, 2.75) is 366 Å². The van der Waals surface area contributed by atoms with Gasteiger partial charge in [-0.3, -0.25) is 9.59 Å². The van der Waals surface area contributed by atoms with Crippen molar-refractivity contribution in [3.05, 3.63) is 0 Å². The van der Waals surface area contributed by atoms with Crippen LogP contribution in [0.25, 0.3) is 0 Å². The number of nitrogens with one attached hydrogen (secondary N) is 1. The van der Waals surface area contributed by atoms with E-state index in [2.05, 4.69) is 26.1 Å². The third-order valence-electron chi connectivity index (χ3n) is 14.4. The molecule has 6 nitrogen and oxygen atoms in total. The summed E-state index contributed by atoms with van der Waals surface area (Å²) in [5.74, 6) is -0.443. The third-order valence-corrected chi connectivity index (χ3v) is 14.4. The van der Waals surface area contributed by atoms with Crippen LogP contribution in [0, 0.1) is 0 Å². The van der Waals surface area contributed by atoms with Gasteiger partial charge in [-0.2, -0.15) is 0 Å². The lowest BCUT2D eigenvalue weighted by Gasteiger charge is -2.24. The Morgan fingerprint density at radius 3 is 0.924 bits per heavy atom. The van der Waals surface area contributed by atoms with Crippen molar-refractivity contribution in [1.29, 1.82) is 0 Å². The molecule has 3 unspecified atom stereocenters. The molecule has 0 fully saturated rings. The first-order chi connectivity index (χ1) is 32.5. The van der Waals surface area contributed by atoms with Crippen molar-refractivity contribution in [3.8, 4) is 0 Å². The highest BCUT2D eigenvalue weighted by Crippen LogP contribution is 2.20. The fourth-order valence-corrected chi connectivity index (χ4v) is 9.85. The van der Waals surface area contributed by atoms with Gasteiger partial charge in [0.25, 0.3) is 0 Å². The highest BCUT2D eigenvalue weighted by atomic mass is 16.5. The van der Waals surface area contributed by atoms with E-state index in [0.717, 1.165) is 38.5 Å². The second-order valence-corrected chi connectivity index (χ2v) is 21.1. The molecule has 0 rings (SSSR count). The molecular formula is C60H119NO5. The van der Waals surface area contributed by atoms with E-state index in [1.807, 2.05) is 0 Å². The predicted octanol–water partition coefficient (Wildman–Crippen LogP) is 18.7. The van der Waals surface area contributed by atoms with Crippen LogP contribution in [0.2, 0.25) is 0 Å². The Bertz CT molecular complexity index is 959. The molecule has 3 N–H and O–H groups in total. The maximum absolute atomic E-state index is 13.3. The Morgan fingerprint density at radius 2 is 0.636 bits per heavy atom. The van der Waals surface area contributed by atoms with Crippen LogP contribution in [-0.4, -0.2) is 46.9 Å². The first-order valence-electron chi connectivity index (χ1n) is 30.3. The van der Waals surface area contributed by atoms with Crippen molar-refractivity contribution < 1.29 is 24.5 Å². The highest BCUT2D eigenvalue weighted by Gasteiger charge is 2.24. The second-order valence-electron chi connectivity index (χ2n) is 21.1. The lowest BCUT2D eigenvalue weighted by molar-refractivity contribution is -0.151. The summed E-state index contributed by atoms with van der Waals surface area (Å²) in [6.45, 7) is 6.54. The summed E-state index contributed by atoms with van der Waals surface area (Å²) < 4.78 is 5.97. The van der Waals surface area contributed by atoms with Crippen molar-refractivity contribution in [2.75, 3.05) is 6.61 Å². The van der Waals surface area contributed by atoms with E-state index >= 15 is 0 Å². The maximum Gasteiger partial charge on any atom is 0.306 e. The minimum absolute atomic E-state index is 0.0885. The van der Waals surface area contributed by atoms with Gasteiger partial charge in [0.1, 0.15) is 6.10 Å². The SMILES string of the molecule is CCCCCCCCCCCCCCCCCCCCCC(=O)OC(CCCCCCCCCCCCCC)CC(=O)NC(CO)C(O)CCCCCCCCCCCCCCCCCC. The van der Waals surface area contributed by atoms with Crippen molar-refractivity contribution in [3.63, 3.8) is 0 Å². The molecule has 0 radical (unpaired) electrons. The number of carbonyl (C=O) groups excluding carboxylic acids is 2. The standard InChI is InChI=1S/C60H119NO5/c1-4-7-10-13-16-19-22-25-27-29-30-31-33-35-38-41-44-47-50-53-60(65)66-56(51-48-45-42-39-36-24-21-18-15-12-9-6-3)54-59(64)61-57(55-62)58(63)52-49-46-43-40-37-34-32-28-26-23-20-17-14-11-8-5-2/h56-58,62-63H,4-55H2,1-3H3,(H,61,64). The second kappa shape index (κ2) is 54.8. The molecule has 1 amide bonds. The molecule has 0 aromatic heterocycles. The minimum Gasteiger partial charge on any atom is -0.462 e. The van der Waals surface area contributed by atoms with Crippen LogP contribution in [0.5, 0.6) is 0 Å². The lowest BCUT2D eigenvalue weighted by atomic mass is 10.0. The van der Waals surface area contributed by atoms with Crippen LogP contribution < -0.4 is 5.32 Å². The number of hydrogen-bond acceptors (Lipinski definition) is 5. The van der Waals surface area contributed by atoms with Crippen molar-refractivity contribution in [2.24, 2.45) is 0 Å². The minimum atomic E-state index is -0.780. The van der Waals surface area contributed by atoms with Gasteiger partial charge in [-0.25, -0.2) is 0 Å². The smallest absolute Gasteiger partial charge is 0.306 e. The first-order valence-corrected chi connectivity index (χ1v) is 30.3. The van der Waals surface area contributed by atoms with Gasteiger partial charge < -0.3 is 20.3 Å². The number of aliphatic hydroxyl groups excluding tert-OH is 2. The summed E-state index contributed by atoms with van der Waals surface area (Å²) >= 11 is 0. The normalized spacial score (nSPS) is 13.0. The van der Waals surface area contributed by atoms with Crippen molar-refractivity contribution in [1.82, 2.24) is 5.32 Å². The molecule has 0 saturated heterocycles. The number of aliphatic hydroxyl groups is 2. The lowest BCUT2D eigenvalue weighted by Crippen LogP contribution is -2.46. The molecule has 0 aromatic carbocycles. The van der Waals surface area contributed by atoms with Crippen LogP contribution in [0.3, 0.4) is 0 Å². The Kier molecular flexibility index (Phi) is 53.8. The zero-order chi connectivity index (χ0) is 48.1. The number of carbonyl (C=O) groups is 2. The summed E-state index contributed by atoms with van der Waals surface area (Å²) in [6, 6.07) is -0.693. The van der Waals surface area contributed by atoms with Crippen LogP contribution >= 0.6 is 0 Å². The van der Waals surface area contributed by atoms with Crippen molar-refractivity contribution >= 4 is 11.9 Å². The van der Waals surface area contributed by atoms with Gasteiger partial charge in [0.2, 0.25) is 5.91 Å². The van der Waals surface area contributed by atoms with Crippen LogP contribution in [0.4, 0.5) is 0 Å². The quantitative estimate of drug-likeness (QED) is 0.0417. The monoisotopic (exact) mass is 934 g/mol. The molecule has 6 heteroatoms. The summed E-state index contributed by atoms with van der Waals surface area (Å²) in [5, 5.41) is 23.9. The number of amides is 1. The van der Waals surface area contributed by atoms with E-state index < -0.39 is 18.2 Å². The van der Waals surface area contributed by atoms with Crippen LogP contribution in [0.1, 0.15) is 348 Å². The van der Waals surface area contributed by atoms with Gasteiger partial charge in [0.05, 0.1) is 25.2 Å². The number of rotatable bonds is 56. The first kappa shape index (κ1) is 64.9. The molecule has 0 bridgehead atoms. The molecule has 0 saturated carbocycles. The topological polar surface area (TPSA) is 95.9 Å². The molecule has 394 valence electrons. The molecular weight excluding hydrogens is 815 g/mol. The van der Waals surface area contributed by atoms with Gasteiger partial charge in [0, 0.05) is 6.42 Å². The molecule has 66 heavy (non-hydrogen) atoms. The Morgan fingerprint density at radius 1 is 0.379 bits per heavy atom. The molecule has 0 aliphatic heterocycles. The largest absolute Gasteiger partial charge is 0.462 e. The Balaban J connectivity index is 4.40. The van der Waals surface area contributed by atoms with Gasteiger partial charge >= 0.3 is 5.97 Å². The van der Waals surface area contributed by atoms with Gasteiger partial charge in [-0.05, 0) is 25.7 Å². The van der Waals surface area contributed by atoms with Gasteiger partial charge in [-0.15, -0.1) is 0 Å². The number of hydrogen-bond donors (Lipinski definition) is 3. The van der Waals surface area contributed by atoms with E-state index in [9.17, 15) is 19.8 Å². The van der Waals surface area contributed by atoms with Gasteiger partial charge in [-0.1, -0.05) is 310 Å². The average molecular weight is 935 g/mol. The van der Waals surface area contributed by atoms with Gasteiger partial charge in [0.15, 0.2) is 0 Å².